The zero-order valence-electron chi connectivity index (χ0n) is 14.7. The zero-order valence-corrected chi connectivity index (χ0v) is 15.5. The van der Waals surface area contributed by atoms with Gasteiger partial charge in [0.2, 0.25) is 5.91 Å². The number of hydrogen-bond donors (Lipinski definition) is 2. The second-order valence-corrected chi connectivity index (χ2v) is 6.59. The van der Waals surface area contributed by atoms with Crippen molar-refractivity contribution in [2.24, 2.45) is 0 Å². The molecule has 7 heteroatoms. The second-order valence-electron chi connectivity index (χ2n) is 6.59. The Morgan fingerprint density at radius 1 is 1.16 bits per heavy atom. The van der Waals surface area contributed by atoms with Gasteiger partial charge in [0.25, 0.3) is 5.91 Å². The van der Waals surface area contributed by atoms with E-state index in [-0.39, 0.29) is 24.2 Å². The Bertz CT molecular complexity index is 587. The molecule has 0 spiro atoms. The van der Waals surface area contributed by atoms with Crippen LogP contribution in [0.15, 0.2) is 24.3 Å². The van der Waals surface area contributed by atoms with Crippen LogP contribution in [0.2, 0.25) is 0 Å². The van der Waals surface area contributed by atoms with E-state index in [0.717, 1.165) is 56.8 Å². The SMILES string of the molecule is CC(=O)NCc1ccc(C(=O)N2CCC(N3CCNCC3)C2)cc1.Cl. The van der Waals surface area contributed by atoms with Crippen molar-refractivity contribution in [1.82, 2.24) is 20.4 Å². The molecule has 6 nitrogen and oxygen atoms in total. The molecular weight excluding hydrogens is 340 g/mol. The van der Waals surface area contributed by atoms with Crippen molar-refractivity contribution in [3.63, 3.8) is 0 Å². The van der Waals surface area contributed by atoms with Crippen molar-refractivity contribution in [3.05, 3.63) is 35.4 Å². The maximum absolute atomic E-state index is 12.7. The smallest absolute Gasteiger partial charge is 0.253 e. The predicted molar refractivity (Wildman–Crippen MR) is 100.0 cm³/mol. The Hall–Kier alpha value is -1.63. The van der Waals surface area contributed by atoms with Crippen LogP contribution in [0.5, 0.6) is 0 Å². The lowest BCUT2D eigenvalue weighted by molar-refractivity contribution is -0.119. The first-order valence-corrected chi connectivity index (χ1v) is 8.71. The van der Waals surface area contributed by atoms with Gasteiger partial charge in [-0.05, 0) is 24.1 Å². The molecule has 1 atom stereocenters. The van der Waals surface area contributed by atoms with Gasteiger partial charge in [0.1, 0.15) is 0 Å². The van der Waals surface area contributed by atoms with Gasteiger partial charge in [-0.25, -0.2) is 0 Å². The molecule has 2 aliphatic rings. The summed E-state index contributed by atoms with van der Waals surface area (Å²) in [7, 11) is 0. The van der Waals surface area contributed by atoms with Crippen molar-refractivity contribution in [3.8, 4) is 0 Å². The second kappa shape index (κ2) is 9.17. The number of benzene rings is 1. The molecule has 0 bridgehead atoms. The molecule has 2 heterocycles. The highest BCUT2D eigenvalue weighted by Gasteiger charge is 2.31. The standard InChI is InChI=1S/C18H26N4O2.ClH/c1-14(23)20-12-15-2-4-16(5-3-15)18(24)22-9-6-17(13-22)21-10-7-19-8-11-21;/h2-5,17,19H,6-13H2,1H3,(H,20,23);1H. The van der Waals surface area contributed by atoms with Crippen molar-refractivity contribution in [1.29, 1.82) is 0 Å². The first-order chi connectivity index (χ1) is 11.6. The molecule has 0 radical (unpaired) electrons. The summed E-state index contributed by atoms with van der Waals surface area (Å²) in [6.07, 6.45) is 1.06. The molecule has 25 heavy (non-hydrogen) atoms. The lowest BCUT2D eigenvalue weighted by Crippen LogP contribution is -2.49. The number of nitrogens with one attached hydrogen (secondary N) is 2. The van der Waals surface area contributed by atoms with Crippen LogP contribution >= 0.6 is 12.4 Å². The van der Waals surface area contributed by atoms with E-state index in [1.807, 2.05) is 29.2 Å². The lowest BCUT2D eigenvalue weighted by Gasteiger charge is -2.32. The van der Waals surface area contributed by atoms with Crippen molar-refractivity contribution in [2.75, 3.05) is 39.3 Å². The Morgan fingerprint density at radius 2 is 1.84 bits per heavy atom. The van der Waals surface area contributed by atoms with E-state index < -0.39 is 0 Å². The van der Waals surface area contributed by atoms with E-state index in [0.29, 0.717) is 12.6 Å². The molecule has 2 amide bonds. The number of rotatable bonds is 4. The van der Waals surface area contributed by atoms with E-state index in [9.17, 15) is 9.59 Å². The summed E-state index contributed by atoms with van der Waals surface area (Å²) in [6, 6.07) is 8.03. The highest BCUT2D eigenvalue weighted by Crippen LogP contribution is 2.19. The van der Waals surface area contributed by atoms with E-state index in [2.05, 4.69) is 15.5 Å². The fourth-order valence-electron chi connectivity index (χ4n) is 3.45. The summed E-state index contributed by atoms with van der Waals surface area (Å²) >= 11 is 0. The topological polar surface area (TPSA) is 64.7 Å². The summed E-state index contributed by atoms with van der Waals surface area (Å²) in [5.41, 5.74) is 1.73. The molecule has 0 aliphatic carbocycles. The Labute approximate surface area is 155 Å². The maximum atomic E-state index is 12.7. The average molecular weight is 367 g/mol. The largest absolute Gasteiger partial charge is 0.352 e. The summed E-state index contributed by atoms with van der Waals surface area (Å²) in [4.78, 5) is 28.1. The van der Waals surface area contributed by atoms with Gasteiger partial charge >= 0.3 is 0 Å². The molecule has 2 saturated heterocycles. The number of likely N-dealkylation sites (tertiary alicyclic amines) is 1. The molecular formula is C18H27ClN4O2. The van der Waals surface area contributed by atoms with Gasteiger partial charge in [0, 0.05) is 64.3 Å². The van der Waals surface area contributed by atoms with E-state index in [1.165, 1.54) is 6.92 Å². The van der Waals surface area contributed by atoms with Gasteiger partial charge in [0.15, 0.2) is 0 Å². The normalized spacial score (nSPS) is 20.8. The Morgan fingerprint density at radius 3 is 2.48 bits per heavy atom. The number of nitrogens with zero attached hydrogens (tertiary/aromatic N) is 2. The zero-order chi connectivity index (χ0) is 16.9. The fourth-order valence-corrected chi connectivity index (χ4v) is 3.45. The highest BCUT2D eigenvalue weighted by atomic mass is 35.5. The van der Waals surface area contributed by atoms with Crippen LogP contribution in [0.4, 0.5) is 0 Å². The molecule has 3 rings (SSSR count). The van der Waals surface area contributed by atoms with Crippen LogP contribution in [0.1, 0.15) is 29.3 Å². The van der Waals surface area contributed by atoms with Crippen LogP contribution in [0.25, 0.3) is 0 Å². The van der Waals surface area contributed by atoms with E-state index >= 15 is 0 Å². The highest BCUT2D eigenvalue weighted by molar-refractivity contribution is 5.94. The molecule has 2 fully saturated rings. The molecule has 1 aromatic rings. The minimum Gasteiger partial charge on any atom is -0.352 e. The van der Waals surface area contributed by atoms with Crippen molar-refractivity contribution >= 4 is 24.2 Å². The van der Waals surface area contributed by atoms with Crippen molar-refractivity contribution in [2.45, 2.75) is 25.9 Å². The van der Waals surface area contributed by atoms with E-state index in [1.54, 1.807) is 0 Å². The average Bonchev–Trinajstić information content (AvgIpc) is 3.10. The summed E-state index contributed by atoms with van der Waals surface area (Å²) in [6.45, 7) is 7.89. The third-order valence-electron chi connectivity index (χ3n) is 4.86. The van der Waals surface area contributed by atoms with Gasteiger partial charge in [-0.15, -0.1) is 12.4 Å². The molecule has 1 aromatic carbocycles. The fraction of sp³-hybridized carbons (Fsp3) is 0.556. The monoisotopic (exact) mass is 366 g/mol. The van der Waals surface area contributed by atoms with Crippen LogP contribution < -0.4 is 10.6 Å². The molecule has 2 aliphatic heterocycles. The number of halogens is 1. The van der Waals surface area contributed by atoms with Gasteiger partial charge in [-0.1, -0.05) is 12.1 Å². The number of piperazine rings is 1. The summed E-state index contributed by atoms with van der Waals surface area (Å²) in [5.74, 6) is 0.0601. The number of hydrogen-bond acceptors (Lipinski definition) is 4. The predicted octanol–water partition coefficient (Wildman–Crippen LogP) is 0.864. The van der Waals surface area contributed by atoms with Gasteiger partial charge in [-0.2, -0.15) is 0 Å². The minimum absolute atomic E-state index is 0. The summed E-state index contributed by atoms with van der Waals surface area (Å²) in [5, 5.41) is 6.13. The number of carbonyl (C=O) groups is 2. The van der Waals surface area contributed by atoms with Crippen molar-refractivity contribution < 1.29 is 9.59 Å². The van der Waals surface area contributed by atoms with E-state index in [4.69, 9.17) is 0 Å². The maximum Gasteiger partial charge on any atom is 0.253 e. The third-order valence-corrected chi connectivity index (χ3v) is 4.86. The van der Waals surface area contributed by atoms with Gasteiger partial charge < -0.3 is 15.5 Å². The quantitative estimate of drug-likeness (QED) is 0.829. The lowest BCUT2D eigenvalue weighted by atomic mass is 10.1. The summed E-state index contributed by atoms with van der Waals surface area (Å²) < 4.78 is 0. The third kappa shape index (κ3) is 5.17. The minimum atomic E-state index is -0.0498. The first-order valence-electron chi connectivity index (χ1n) is 8.71. The van der Waals surface area contributed by atoms with Gasteiger partial charge in [0.05, 0.1) is 0 Å². The number of amides is 2. The van der Waals surface area contributed by atoms with Crippen LogP contribution in [0, 0.1) is 0 Å². The molecule has 2 N–H and O–H groups in total. The van der Waals surface area contributed by atoms with Crippen LogP contribution in [-0.4, -0.2) is 66.9 Å². The molecule has 0 aromatic heterocycles. The molecule has 0 saturated carbocycles. The molecule has 138 valence electrons. The van der Waals surface area contributed by atoms with Gasteiger partial charge in [-0.3, -0.25) is 14.5 Å². The van der Waals surface area contributed by atoms with Crippen LogP contribution in [-0.2, 0) is 11.3 Å². The molecule has 1 unspecified atom stereocenters. The van der Waals surface area contributed by atoms with Crippen LogP contribution in [0.3, 0.4) is 0 Å². The number of carbonyl (C=O) groups excluding carboxylic acids is 2. The first kappa shape index (κ1) is 19.7. The Kier molecular flexibility index (Phi) is 7.23. The Balaban J connectivity index is 0.00000225.